The number of thiocarbonyl (C=S) groups is 1. The fraction of sp³-hybridized carbons (Fsp3) is 0.545. The van der Waals surface area contributed by atoms with E-state index < -0.39 is 10.0 Å². The van der Waals surface area contributed by atoms with E-state index in [1.165, 1.54) is 15.6 Å². The van der Waals surface area contributed by atoms with Crippen molar-refractivity contribution in [1.82, 2.24) is 4.31 Å². The Morgan fingerprint density at radius 3 is 2.89 bits per heavy atom. The fourth-order valence-electron chi connectivity index (χ4n) is 2.11. The van der Waals surface area contributed by atoms with E-state index in [4.69, 9.17) is 18.0 Å². The molecule has 2 heterocycles. The van der Waals surface area contributed by atoms with Gasteiger partial charge in [0, 0.05) is 11.4 Å². The second-order valence-electron chi connectivity index (χ2n) is 4.25. The first-order chi connectivity index (χ1) is 8.46. The SMILES string of the molecule is CCc1ccc(S(=O)(=O)N2CCCC2C(N)=S)s1. The van der Waals surface area contributed by atoms with E-state index in [0.29, 0.717) is 10.8 Å². The van der Waals surface area contributed by atoms with Gasteiger partial charge in [-0.05, 0) is 31.4 Å². The minimum absolute atomic E-state index is 0.267. The van der Waals surface area contributed by atoms with E-state index in [1.54, 1.807) is 6.07 Å². The van der Waals surface area contributed by atoms with Crippen LogP contribution >= 0.6 is 23.6 Å². The van der Waals surface area contributed by atoms with Crippen molar-refractivity contribution in [3.63, 3.8) is 0 Å². The van der Waals surface area contributed by atoms with Gasteiger partial charge in [-0.1, -0.05) is 19.1 Å². The molecular formula is C11H16N2O2S3. The highest BCUT2D eigenvalue weighted by molar-refractivity contribution is 7.91. The summed E-state index contributed by atoms with van der Waals surface area (Å²) in [6, 6.07) is 3.22. The smallest absolute Gasteiger partial charge is 0.253 e. The van der Waals surface area contributed by atoms with Crippen LogP contribution in [0.25, 0.3) is 0 Å². The Kier molecular flexibility index (Phi) is 4.05. The van der Waals surface area contributed by atoms with Crippen molar-refractivity contribution >= 4 is 38.6 Å². The summed E-state index contributed by atoms with van der Waals surface area (Å²) < 4.78 is 26.8. The average molecular weight is 304 g/mol. The van der Waals surface area contributed by atoms with Gasteiger partial charge in [0.2, 0.25) is 0 Å². The van der Waals surface area contributed by atoms with Crippen LogP contribution in [0.1, 0.15) is 24.6 Å². The molecule has 1 aromatic heterocycles. The molecule has 1 atom stereocenters. The third-order valence-corrected chi connectivity index (χ3v) is 6.96. The predicted molar refractivity (Wildman–Crippen MR) is 77.4 cm³/mol. The van der Waals surface area contributed by atoms with Crippen LogP contribution in [0.15, 0.2) is 16.3 Å². The molecule has 1 saturated heterocycles. The number of aryl methyl sites for hydroxylation is 1. The zero-order chi connectivity index (χ0) is 13.3. The van der Waals surface area contributed by atoms with Gasteiger partial charge < -0.3 is 5.73 Å². The summed E-state index contributed by atoms with van der Waals surface area (Å²) in [6.45, 7) is 2.51. The Morgan fingerprint density at radius 1 is 1.61 bits per heavy atom. The lowest BCUT2D eigenvalue weighted by Gasteiger charge is -2.22. The van der Waals surface area contributed by atoms with Crippen molar-refractivity contribution in [3.05, 3.63) is 17.0 Å². The number of nitrogens with zero attached hydrogens (tertiary/aromatic N) is 1. The van der Waals surface area contributed by atoms with Crippen LogP contribution in [0, 0.1) is 0 Å². The molecule has 1 unspecified atom stereocenters. The van der Waals surface area contributed by atoms with Gasteiger partial charge >= 0.3 is 0 Å². The van der Waals surface area contributed by atoms with E-state index in [0.717, 1.165) is 24.1 Å². The summed E-state index contributed by atoms with van der Waals surface area (Å²) in [6.07, 6.45) is 2.38. The maximum atomic E-state index is 12.5. The third kappa shape index (κ3) is 2.45. The second kappa shape index (κ2) is 5.24. The molecule has 1 aliphatic heterocycles. The number of thiophene rings is 1. The number of sulfonamides is 1. The molecule has 1 aromatic rings. The average Bonchev–Trinajstić information content (AvgIpc) is 2.98. The number of nitrogens with two attached hydrogens (primary N) is 1. The molecule has 1 fully saturated rings. The lowest BCUT2D eigenvalue weighted by molar-refractivity contribution is 0.448. The zero-order valence-corrected chi connectivity index (χ0v) is 12.6. The summed E-state index contributed by atoms with van der Waals surface area (Å²) >= 11 is 6.28. The highest BCUT2D eigenvalue weighted by Gasteiger charge is 2.37. The minimum Gasteiger partial charge on any atom is -0.392 e. The molecule has 0 amide bonds. The molecule has 0 saturated carbocycles. The van der Waals surface area contributed by atoms with Gasteiger partial charge in [-0.25, -0.2) is 8.42 Å². The maximum Gasteiger partial charge on any atom is 0.253 e. The van der Waals surface area contributed by atoms with Crippen LogP contribution in [0.4, 0.5) is 0 Å². The van der Waals surface area contributed by atoms with E-state index in [2.05, 4.69) is 0 Å². The van der Waals surface area contributed by atoms with Crippen LogP contribution in [0.3, 0.4) is 0 Å². The van der Waals surface area contributed by atoms with Crippen LogP contribution in [-0.4, -0.2) is 30.3 Å². The Labute approximate surface area is 117 Å². The van der Waals surface area contributed by atoms with Gasteiger partial charge in [0.15, 0.2) is 0 Å². The molecule has 18 heavy (non-hydrogen) atoms. The third-order valence-electron chi connectivity index (χ3n) is 3.08. The Balaban J connectivity index is 2.33. The summed E-state index contributed by atoms with van der Waals surface area (Å²) in [4.78, 5) is 1.34. The lowest BCUT2D eigenvalue weighted by atomic mass is 10.2. The van der Waals surface area contributed by atoms with Crippen molar-refractivity contribution < 1.29 is 8.42 Å². The lowest BCUT2D eigenvalue weighted by Crippen LogP contribution is -2.42. The summed E-state index contributed by atoms with van der Waals surface area (Å²) in [7, 11) is -3.44. The molecule has 0 radical (unpaired) electrons. The Hall–Kier alpha value is -0.500. The molecular weight excluding hydrogens is 288 g/mol. The molecule has 7 heteroatoms. The van der Waals surface area contributed by atoms with Gasteiger partial charge in [-0.15, -0.1) is 11.3 Å². The summed E-state index contributed by atoms with van der Waals surface area (Å²) in [5.74, 6) is 0. The standard InChI is InChI=1S/C11H16N2O2S3/c1-2-8-5-6-10(17-8)18(14,15)13-7-3-4-9(13)11(12)16/h5-6,9H,2-4,7H2,1H3,(H2,12,16). The van der Waals surface area contributed by atoms with Gasteiger partial charge in [0.05, 0.1) is 11.0 Å². The van der Waals surface area contributed by atoms with Crippen LogP contribution in [0.5, 0.6) is 0 Å². The Bertz CT molecular complexity index is 550. The van der Waals surface area contributed by atoms with Crippen LogP contribution in [-0.2, 0) is 16.4 Å². The second-order valence-corrected chi connectivity index (χ2v) is 8.01. The van der Waals surface area contributed by atoms with Crippen molar-refractivity contribution in [2.24, 2.45) is 5.73 Å². The molecule has 1 aliphatic rings. The number of hydrogen-bond donors (Lipinski definition) is 1. The topological polar surface area (TPSA) is 63.4 Å². The minimum atomic E-state index is -3.44. The largest absolute Gasteiger partial charge is 0.392 e. The highest BCUT2D eigenvalue weighted by atomic mass is 32.2. The maximum absolute atomic E-state index is 12.5. The first-order valence-corrected chi connectivity index (χ1v) is 8.53. The zero-order valence-electron chi connectivity index (χ0n) is 10.1. The number of hydrogen-bond acceptors (Lipinski definition) is 4. The monoisotopic (exact) mass is 304 g/mol. The fourth-order valence-corrected chi connectivity index (χ4v) is 5.53. The highest BCUT2D eigenvalue weighted by Crippen LogP contribution is 2.30. The summed E-state index contributed by atoms with van der Waals surface area (Å²) in [5.41, 5.74) is 5.62. The van der Waals surface area contributed by atoms with Crippen LogP contribution in [0.2, 0.25) is 0 Å². The number of rotatable bonds is 4. The molecule has 0 aromatic carbocycles. The van der Waals surface area contributed by atoms with Gasteiger partial charge in [0.1, 0.15) is 4.21 Å². The molecule has 4 nitrogen and oxygen atoms in total. The van der Waals surface area contributed by atoms with Crippen molar-refractivity contribution in [3.8, 4) is 0 Å². The molecule has 0 spiro atoms. The van der Waals surface area contributed by atoms with E-state index in [-0.39, 0.29) is 11.0 Å². The first kappa shape index (κ1) is 13.9. The molecule has 0 aliphatic carbocycles. The van der Waals surface area contributed by atoms with Gasteiger partial charge in [-0.3, -0.25) is 0 Å². The summed E-state index contributed by atoms with van der Waals surface area (Å²) in [5, 5.41) is 0. The van der Waals surface area contributed by atoms with E-state index in [1.807, 2.05) is 13.0 Å². The van der Waals surface area contributed by atoms with Crippen molar-refractivity contribution in [2.75, 3.05) is 6.54 Å². The quantitative estimate of drug-likeness (QED) is 0.861. The molecule has 2 rings (SSSR count). The predicted octanol–water partition coefficient (Wildman–Crippen LogP) is 1.75. The van der Waals surface area contributed by atoms with E-state index in [9.17, 15) is 8.42 Å². The van der Waals surface area contributed by atoms with Crippen molar-refractivity contribution in [1.29, 1.82) is 0 Å². The van der Waals surface area contributed by atoms with Crippen molar-refractivity contribution in [2.45, 2.75) is 36.4 Å². The van der Waals surface area contributed by atoms with E-state index >= 15 is 0 Å². The van der Waals surface area contributed by atoms with Gasteiger partial charge in [-0.2, -0.15) is 4.31 Å². The normalized spacial score (nSPS) is 21.3. The Morgan fingerprint density at radius 2 is 2.33 bits per heavy atom. The van der Waals surface area contributed by atoms with Crippen LogP contribution < -0.4 is 5.73 Å². The molecule has 2 N–H and O–H groups in total. The molecule has 0 bridgehead atoms. The molecule has 100 valence electrons. The van der Waals surface area contributed by atoms with Gasteiger partial charge in [0.25, 0.3) is 10.0 Å². The first-order valence-electron chi connectivity index (χ1n) is 5.86.